The topological polar surface area (TPSA) is 66.4 Å². The lowest BCUT2D eigenvalue weighted by Crippen LogP contribution is -2.23. The Morgan fingerprint density at radius 3 is 1.39 bits per heavy atom. The minimum Gasteiger partial charge on any atom is -0.481 e. The van der Waals surface area contributed by atoms with Gasteiger partial charge in [0.1, 0.15) is 0 Å². The van der Waals surface area contributed by atoms with Crippen molar-refractivity contribution in [1.29, 1.82) is 0 Å². The molecule has 0 saturated carbocycles. The lowest BCUT2D eigenvalue weighted by atomic mass is 10.1. The fraction of sp³-hybridized carbons (Fsp3) is 0.917. The van der Waals surface area contributed by atoms with Crippen molar-refractivity contribution in [3.8, 4) is 0 Å². The van der Waals surface area contributed by atoms with Gasteiger partial charge in [0, 0.05) is 19.4 Å². The average molecular weight is 400 g/mol. The second kappa shape index (κ2) is 25.9. The number of amides is 1. The average Bonchev–Trinajstić information content (AvgIpc) is 2.67. The third kappa shape index (κ3) is 29.7. The molecule has 4 nitrogen and oxygen atoms in total. The van der Waals surface area contributed by atoms with Gasteiger partial charge < -0.3 is 10.4 Å². The minimum atomic E-state index is -0.659. The van der Waals surface area contributed by atoms with Crippen molar-refractivity contribution in [3.05, 3.63) is 0 Å². The molecule has 0 aromatic heterocycles. The first kappa shape index (κ1) is 29.1. The molecule has 0 aliphatic rings. The van der Waals surface area contributed by atoms with Crippen LogP contribution in [0.1, 0.15) is 136 Å². The lowest BCUT2D eigenvalue weighted by molar-refractivity contribution is -0.137. The lowest BCUT2D eigenvalue weighted by Gasteiger charge is -2.03. The van der Waals surface area contributed by atoms with Crippen molar-refractivity contribution in [2.75, 3.05) is 6.54 Å². The van der Waals surface area contributed by atoms with Crippen molar-refractivity contribution < 1.29 is 14.7 Å². The molecule has 28 heavy (non-hydrogen) atoms. The number of rotatable bonds is 19. The van der Waals surface area contributed by atoms with Crippen LogP contribution in [0.15, 0.2) is 0 Å². The number of hydrogen-bond donors (Lipinski definition) is 2. The molecule has 0 aliphatic carbocycles. The van der Waals surface area contributed by atoms with Crippen molar-refractivity contribution in [2.45, 2.75) is 136 Å². The zero-order valence-corrected chi connectivity index (χ0v) is 19.2. The number of aliphatic carboxylic acids is 1. The number of carbonyl (C=O) groups excluding carboxylic acids is 1. The highest BCUT2D eigenvalue weighted by atomic mass is 16.4. The highest BCUT2D eigenvalue weighted by Crippen LogP contribution is 2.10. The van der Waals surface area contributed by atoms with Gasteiger partial charge in [-0.3, -0.25) is 9.59 Å². The van der Waals surface area contributed by atoms with E-state index >= 15 is 0 Å². The number of hydrogen-bond acceptors (Lipinski definition) is 2. The summed E-state index contributed by atoms with van der Waals surface area (Å²) in [5.74, 6) is -0.428. The first-order chi connectivity index (χ1) is 13.6. The molecule has 0 aromatic rings. The van der Waals surface area contributed by atoms with E-state index in [1.807, 2.05) is 0 Å². The first-order valence-electron chi connectivity index (χ1n) is 12.1. The van der Waals surface area contributed by atoms with Crippen molar-refractivity contribution in [2.24, 2.45) is 0 Å². The number of nitrogens with one attached hydrogen (secondary N) is 1. The fourth-order valence-electron chi connectivity index (χ4n) is 2.97. The third-order valence-corrected chi connectivity index (χ3v) is 4.85. The molecule has 0 aliphatic heterocycles. The molecule has 0 bridgehead atoms. The standard InChI is InChI=1S/C12H25NO.C12H24O2/c1-3-5-7-8-9-10-12(14)13-11-6-4-2;1-2-3-4-5-6-7-8-9-10-11-12(13)14/h3-11H2,1-2H3,(H,13,14);2-11H2,1H3,(H,13,14). The maximum Gasteiger partial charge on any atom is 0.303 e. The predicted octanol–water partition coefficient (Wildman–Crippen LogP) is 7.26. The molecule has 4 heteroatoms. The van der Waals surface area contributed by atoms with E-state index in [4.69, 9.17) is 5.11 Å². The van der Waals surface area contributed by atoms with Crippen molar-refractivity contribution in [1.82, 2.24) is 5.32 Å². The third-order valence-electron chi connectivity index (χ3n) is 4.85. The van der Waals surface area contributed by atoms with Crippen molar-refractivity contribution >= 4 is 11.9 Å². The Kier molecular flexibility index (Phi) is 27.0. The van der Waals surface area contributed by atoms with E-state index in [1.54, 1.807) is 0 Å². The van der Waals surface area contributed by atoms with Crippen LogP contribution in [0.5, 0.6) is 0 Å². The van der Waals surface area contributed by atoms with E-state index in [2.05, 4.69) is 26.1 Å². The summed E-state index contributed by atoms with van der Waals surface area (Å²) < 4.78 is 0. The molecule has 0 spiro atoms. The van der Waals surface area contributed by atoms with Gasteiger partial charge in [-0.15, -0.1) is 0 Å². The van der Waals surface area contributed by atoms with Gasteiger partial charge in [0.15, 0.2) is 0 Å². The molecule has 2 N–H and O–H groups in total. The summed E-state index contributed by atoms with van der Waals surface area (Å²) in [6, 6.07) is 0. The van der Waals surface area contributed by atoms with Crippen LogP contribution in [0.2, 0.25) is 0 Å². The van der Waals surface area contributed by atoms with E-state index in [0.29, 0.717) is 12.8 Å². The molecule has 168 valence electrons. The molecule has 0 aromatic carbocycles. The minimum absolute atomic E-state index is 0.231. The Bertz CT molecular complexity index is 332. The van der Waals surface area contributed by atoms with Gasteiger partial charge in [0.2, 0.25) is 5.91 Å². The predicted molar refractivity (Wildman–Crippen MR) is 121 cm³/mol. The second-order valence-corrected chi connectivity index (χ2v) is 7.84. The summed E-state index contributed by atoms with van der Waals surface area (Å²) in [4.78, 5) is 21.4. The zero-order valence-electron chi connectivity index (χ0n) is 19.2. The molecular formula is C24H49NO3. The van der Waals surface area contributed by atoms with E-state index in [9.17, 15) is 9.59 Å². The van der Waals surface area contributed by atoms with E-state index < -0.39 is 5.97 Å². The molecule has 0 rings (SSSR count). The van der Waals surface area contributed by atoms with Crippen molar-refractivity contribution in [3.63, 3.8) is 0 Å². The summed E-state index contributed by atoms with van der Waals surface area (Å²) in [7, 11) is 0. The number of unbranched alkanes of at least 4 members (excludes halogenated alkanes) is 13. The second-order valence-electron chi connectivity index (χ2n) is 7.84. The normalized spacial score (nSPS) is 10.2. The quantitative estimate of drug-likeness (QED) is 0.225. The summed E-state index contributed by atoms with van der Waals surface area (Å²) >= 11 is 0. The maximum absolute atomic E-state index is 11.2. The van der Waals surface area contributed by atoms with E-state index in [1.165, 1.54) is 70.6 Å². The monoisotopic (exact) mass is 399 g/mol. The summed E-state index contributed by atoms with van der Waals surface area (Å²) in [5, 5.41) is 11.3. The van der Waals surface area contributed by atoms with Crippen LogP contribution in [0.25, 0.3) is 0 Å². The molecule has 0 atom stereocenters. The fourth-order valence-corrected chi connectivity index (χ4v) is 2.97. The van der Waals surface area contributed by atoms with Crippen LogP contribution in [-0.2, 0) is 9.59 Å². The van der Waals surface area contributed by atoms with Gasteiger partial charge in [0.05, 0.1) is 0 Å². The maximum atomic E-state index is 11.2. The first-order valence-corrected chi connectivity index (χ1v) is 12.1. The SMILES string of the molecule is CCCCCCCC(=O)NCCCC.CCCCCCCCCCCC(=O)O. The van der Waals surface area contributed by atoms with Crippen LogP contribution >= 0.6 is 0 Å². The van der Waals surface area contributed by atoms with Gasteiger partial charge in [-0.05, 0) is 19.3 Å². The Morgan fingerprint density at radius 2 is 0.964 bits per heavy atom. The Labute approximate surface area is 175 Å². The van der Waals surface area contributed by atoms with Gasteiger partial charge in [-0.1, -0.05) is 104 Å². The van der Waals surface area contributed by atoms with Crippen LogP contribution in [0.3, 0.4) is 0 Å². The van der Waals surface area contributed by atoms with Crippen LogP contribution < -0.4 is 5.32 Å². The van der Waals surface area contributed by atoms with Crippen LogP contribution in [0.4, 0.5) is 0 Å². The Hall–Kier alpha value is -1.06. The Morgan fingerprint density at radius 1 is 0.571 bits per heavy atom. The van der Waals surface area contributed by atoms with Gasteiger partial charge in [-0.2, -0.15) is 0 Å². The van der Waals surface area contributed by atoms with Gasteiger partial charge in [0.25, 0.3) is 0 Å². The molecular weight excluding hydrogens is 350 g/mol. The van der Waals surface area contributed by atoms with Crippen LogP contribution in [0, 0.1) is 0 Å². The molecule has 0 saturated heterocycles. The molecule has 0 fully saturated rings. The van der Waals surface area contributed by atoms with E-state index in [0.717, 1.165) is 38.6 Å². The highest BCUT2D eigenvalue weighted by Gasteiger charge is 1.99. The zero-order chi connectivity index (χ0) is 21.3. The molecule has 0 heterocycles. The van der Waals surface area contributed by atoms with Crippen LogP contribution in [-0.4, -0.2) is 23.5 Å². The smallest absolute Gasteiger partial charge is 0.303 e. The summed E-state index contributed by atoms with van der Waals surface area (Å²) in [6.07, 6.45) is 20.5. The van der Waals surface area contributed by atoms with E-state index in [-0.39, 0.29) is 5.91 Å². The number of carboxylic acid groups (broad SMARTS) is 1. The molecule has 1 amide bonds. The number of carboxylic acids is 1. The molecule has 0 radical (unpaired) electrons. The summed E-state index contributed by atoms with van der Waals surface area (Å²) in [6.45, 7) is 7.42. The molecule has 0 unspecified atom stereocenters. The number of carbonyl (C=O) groups is 2. The Balaban J connectivity index is 0. The summed E-state index contributed by atoms with van der Waals surface area (Å²) in [5.41, 5.74) is 0. The largest absolute Gasteiger partial charge is 0.481 e. The van der Waals surface area contributed by atoms with Gasteiger partial charge >= 0.3 is 5.97 Å². The van der Waals surface area contributed by atoms with Gasteiger partial charge in [-0.25, -0.2) is 0 Å². The highest BCUT2D eigenvalue weighted by molar-refractivity contribution is 5.75.